The first-order chi connectivity index (χ1) is 6.18. The van der Waals surface area contributed by atoms with Gasteiger partial charge in [0.15, 0.2) is 0 Å². The van der Waals surface area contributed by atoms with Crippen LogP contribution in [0.4, 0.5) is 0 Å². The molecule has 0 radical (unpaired) electrons. The van der Waals surface area contributed by atoms with Crippen molar-refractivity contribution in [1.29, 1.82) is 0 Å². The van der Waals surface area contributed by atoms with Crippen LogP contribution in [0.3, 0.4) is 0 Å². The molecule has 1 heterocycles. The molecule has 72 valence electrons. The molecule has 2 rings (SSSR count). The van der Waals surface area contributed by atoms with E-state index in [1.54, 1.807) is 11.3 Å². The first kappa shape index (κ1) is 9.18. The fourth-order valence-electron chi connectivity index (χ4n) is 1.07. The summed E-state index contributed by atoms with van der Waals surface area (Å²) in [5.41, 5.74) is 1.04. The van der Waals surface area contributed by atoms with E-state index in [0.717, 1.165) is 18.4 Å². The maximum absolute atomic E-state index is 11.4. The molecule has 1 aromatic rings. The average Bonchev–Trinajstić information content (AvgIpc) is 2.82. The number of nitrogens with one attached hydrogen (secondary N) is 1. The van der Waals surface area contributed by atoms with E-state index in [9.17, 15) is 8.42 Å². The summed E-state index contributed by atoms with van der Waals surface area (Å²) in [7, 11) is -3.01. The van der Waals surface area contributed by atoms with Crippen LogP contribution in [0.15, 0.2) is 16.8 Å². The lowest BCUT2D eigenvalue weighted by Crippen LogP contribution is -2.26. The van der Waals surface area contributed by atoms with E-state index in [0.29, 0.717) is 6.54 Å². The highest BCUT2D eigenvalue weighted by Crippen LogP contribution is 2.27. The maximum atomic E-state index is 11.4. The van der Waals surface area contributed by atoms with E-state index < -0.39 is 10.0 Å². The number of sulfonamides is 1. The van der Waals surface area contributed by atoms with Gasteiger partial charge >= 0.3 is 0 Å². The zero-order chi connectivity index (χ0) is 9.31. The van der Waals surface area contributed by atoms with E-state index in [4.69, 9.17) is 0 Å². The normalized spacial score (nSPS) is 17.5. The minimum Gasteiger partial charge on any atom is -0.212 e. The van der Waals surface area contributed by atoms with Gasteiger partial charge in [0.05, 0.1) is 5.25 Å². The van der Waals surface area contributed by atoms with Gasteiger partial charge in [-0.15, -0.1) is 0 Å². The SMILES string of the molecule is O=S(=O)(NCc1ccsc1)C1CC1. The molecule has 0 bridgehead atoms. The van der Waals surface area contributed by atoms with Crippen molar-refractivity contribution in [1.82, 2.24) is 4.72 Å². The fourth-order valence-corrected chi connectivity index (χ4v) is 3.10. The standard InChI is InChI=1S/C8H11NO2S2/c10-13(11,8-1-2-8)9-5-7-3-4-12-6-7/h3-4,6,8-9H,1-2,5H2. The van der Waals surface area contributed by atoms with Crippen molar-refractivity contribution in [3.05, 3.63) is 22.4 Å². The van der Waals surface area contributed by atoms with E-state index in [-0.39, 0.29) is 5.25 Å². The second-order valence-corrected chi connectivity index (χ2v) is 6.02. The van der Waals surface area contributed by atoms with Gasteiger partial charge in [0.25, 0.3) is 0 Å². The van der Waals surface area contributed by atoms with Crippen LogP contribution < -0.4 is 4.72 Å². The lowest BCUT2D eigenvalue weighted by atomic mass is 10.4. The molecular weight excluding hydrogens is 206 g/mol. The highest BCUT2D eigenvalue weighted by Gasteiger charge is 2.35. The third-order valence-corrected chi connectivity index (χ3v) is 4.65. The summed E-state index contributed by atoms with van der Waals surface area (Å²) in [6.45, 7) is 0.433. The predicted molar refractivity (Wildman–Crippen MR) is 53.1 cm³/mol. The molecule has 0 aliphatic heterocycles. The number of rotatable bonds is 4. The molecule has 1 aliphatic rings. The molecule has 0 unspecified atom stereocenters. The summed E-state index contributed by atoms with van der Waals surface area (Å²) in [4.78, 5) is 0. The molecule has 0 spiro atoms. The second-order valence-electron chi connectivity index (χ2n) is 3.20. The molecule has 0 atom stereocenters. The van der Waals surface area contributed by atoms with Crippen molar-refractivity contribution in [2.45, 2.75) is 24.6 Å². The number of hydrogen-bond donors (Lipinski definition) is 1. The molecule has 0 saturated heterocycles. The van der Waals surface area contributed by atoms with Gasteiger partial charge in [0.2, 0.25) is 10.0 Å². The highest BCUT2D eigenvalue weighted by atomic mass is 32.2. The second kappa shape index (κ2) is 3.40. The Bertz CT molecular complexity index is 365. The van der Waals surface area contributed by atoms with Gasteiger partial charge in [0.1, 0.15) is 0 Å². The third kappa shape index (κ3) is 2.30. The maximum Gasteiger partial charge on any atom is 0.214 e. The Morgan fingerprint density at radius 1 is 1.54 bits per heavy atom. The quantitative estimate of drug-likeness (QED) is 0.827. The highest BCUT2D eigenvalue weighted by molar-refractivity contribution is 7.90. The smallest absolute Gasteiger partial charge is 0.212 e. The molecule has 1 aromatic heterocycles. The van der Waals surface area contributed by atoms with Crippen LogP contribution in [-0.4, -0.2) is 13.7 Å². The Kier molecular flexibility index (Phi) is 2.40. The summed E-state index contributed by atoms with van der Waals surface area (Å²) in [5.74, 6) is 0. The van der Waals surface area contributed by atoms with Gasteiger partial charge in [-0.05, 0) is 35.2 Å². The summed E-state index contributed by atoms with van der Waals surface area (Å²) in [6.07, 6.45) is 1.64. The van der Waals surface area contributed by atoms with E-state index in [1.807, 2.05) is 16.8 Å². The average molecular weight is 217 g/mol. The number of hydrogen-bond acceptors (Lipinski definition) is 3. The van der Waals surface area contributed by atoms with E-state index in [1.165, 1.54) is 0 Å². The van der Waals surface area contributed by atoms with Gasteiger partial charge in [-0.1, -0.05) is 0 Å². The molecule has 0 amide bonds. The molecule has 1 saturated carbocycles. The minimum absolute atomic E-state index is 0.119. The first-order valence-electron chi connectivity index (χ1n) is 4.18. The van der Waals surface area contributed by atoms with Crippen molar-refractivity contribution in [2.75, 3.05) is 0 Å². The van der Waals surface area contributed by atoms with Gasteiger partial charge < -0.3 is 0 Å². The van der Waals surface area contributed by atoms with Crippen LogP contribution in [0, 0.1) is 0 Å². The van der Waals surface area contributed by atoms with Crippen LogP contribution in [0.2, 0.25) is 0 Å². The molecule has 0 aromatic carbocycles. The van der Waals surface area contributed by atoms with Crippen LogP contribution in [0.5, 0.6) is 0 Å². The van der Waals surface area contributed by atoms with Crippen molar-refractivity contribution < 1.29 is 8.42 Å². The number of thiophene rings is 1. The zero-order valence-corrected chi connectivity index (χ0v) is 8.70. The van der Waals surface area contributed by atoms with Crippen molar-refractivity contribution in [3.8, 4) is 0 Å². The van der Waals surface area contributed by atoms with Crippen molar-refractivity contribution >= 4 is 21.4 Å². The van der Waals surface area contributed by atoms with Crippen LogP contribution in [0.1, 0.15) is 18.4 Å². The predicted octanol–water partition coefficient (Wildman–Crippen LogP) is 1.33. The van der Waals surface area contributed by atoms with Gasteiger partial charge in [0, 0.05) is 6.54 Å². The Labute approximate surface area is 81.8 Å². The van der Waals surface area contributed by atoms with Gasteiger partial charge in [-0.25, -0.2) is 13.1 Å². The van der Waals surface area contributed by atoms with Gasteiger partial charge in [-0.3, -0.25) is 0 Å². The van der Waals surface area contributed by atoms with Crippen LogP contribution >= 0.6 is 11.3 Å². The van der Waals surface area contributed by atoms with E-state index in [2.05, 4.69) is 4.72 Å². The van der Waals surface area contributed by atoms with E-state index >= 15 is 0 Å². The molecule has 1 fully saturated rings. The van der Waals surface area contributed by atoms with Crippen molar-refractivity contribution in [3.63, 3.8) is 0 Å². The summed E-state index contributed by atoms with van der Waals surface area (Å²) in [6, 6.07) is 1.93. The Morgan fingerprint density at radius 3 is 2.85 bits per heavy atom. The lowest BCUT2D eigenvalue weighted by Gasteiger charge is -2.02. The lowest BCUT2D eigenvalue weighted by molar-refractivity contribution is 0.580. The molecule has 5 heteroatoms. The summed E-state index contributed by atoms with van der Waals surface area (Å²) in [5, 5.41) is 3.78. The Hall–Kier alpha value is -0.390. The van der Waals surface area contributed by atoms with Gasteiger partial charge in [-0.2, -0.15) is 11.3 Å². The van der Waals surface area contributed by atoms with Crippen LogP contribution in [0.25, 0.3) is 0 Å². The molecule has 13 heavy (non-hydrogen) atoms. The largest absolute Gasteiger partial charge is 0.214 e. The Morgan fingerprint density at radius 2 is 2.31 bits per heavy atom. The fraction of sp³-hybridized carbons (Fsp3) is 0.500. The Balaban J connectivity index is 1.92. The third-order valence-electron chi connectivity index (χ3n) is 2.02. The monoisotopic (exact) mass is 217 g/mol. The molecular formula is C8H11NO2S2. The first-order valence-corrected chi connectivity index (χ1v) is 6.67. The minimum atomic E-state index is -3.01. The zero-order valence-electron chi connectivity index (χ0n) is 7.06. The molecule has 1 aliphatic carbocycles. The molecule has 1 N–H and O–H groups in total. The molecule has 3 nitrogen and oxygen atoms in total. The topological polar surface area (TPSA) is 46.2 Å². The summed E-state index contributed by atoms with van der Waals surface area (Å²) >= 11 is 1.58. The van der Waals surface area contributed by atoms with Crippen LogP contribution in [-0.2, 0) is 16.6 Å². The summed E-state index contributed by atoms with van der Waals surface area (Å²) < 4.78 is 25.4. The van der Waals surface area contributed by atoms with Crippen molar-refractivity contribution in [2.24, 2.45) is 0 Å².